The lowest BCUT2D eigenvalue weighted by Gasteiger charge is -2.19. The summed E-state index contributed by atoms with van der Waals surface area (Å²) in [6.45, 7) is 1.77. The zero-order chi connectivity index (χ0) is 20.4. The molecule has 0 fully saturated rings. The number of amidine groups is 1. The van der Waals surface area contributed by atoms with Crippen LogP contribution >= 0.6 is 23.4 Å². The second kappa shape index (κ2) is 8.42. The largest absolute Gasteiger partial charge is 0.341 e. The molecule has 0 bridgehead atoms. The van der Waals surface area contributed by atoms with Crippen molar-refractivity contribution in [3.8, 4) is 0 Å². The highest BCUT2D eigenvalue weighted by atomic mass is 35.5. The molecule has 2 aromatic carbocycles. The molecule has 1 heterocycles. The number of halogens is 1. The summed E-state index contributed by atoms with van der Waals surface area (Å²) >= 11 is 7.62. The van der Waals surface area contributed by atoms with Gasteiger partial charge in [-0.1, -0.05) is 48.9 Å². The smallest absolute Gasteiger partial charge is 0.286 e. The zero-order valence-electron chi connectivity index (χ0n) is 14.8. The summed E-state index contributed by atoms with van der Waals surface area (Å²) in [5, 5.41) is 2.87. The third-order valence-corrected chi connectivity index (χ3v) is 8.18. The lowest BCUT2D eigenvalue weighted by Crippen LogP contribution is -2.26. The van der Waals surface area contributed by atoms with Crippen LogP contribution in [0.1, 0.15) is 12.5 Å². The molecule has 0 aliphatic carbocycles. The van der Waals surface area contributed by atoms with Gasteiger partial charge in [0.1, 0.15) is 15.6 Å². The lowest BCUT2D eigenvalue weighted by molar-refractivity contribution is 0.583. The van der Waals surface area contributed by atoms with Crippen molar-refractivity contribution in [2.45, 2.75) is 22.5 Å². The summed E-state index contributed by atoms with van der Waals surface area (Å²) in [5.41, 5.74) is 1.33. The average molecular weight is 460 g/mol. The van der Waals surface area contributed by atoms with Gasteiger partial charge in [0.2, 0.25) is 10.0 Å². The third kappa shape index (κ3) is 4.69. The fraction of sp³-hybridized carbons (Fsp3) is 0.235. The molecule has 3 rings (SSSR count). The van der Waals surface area contributed by atoms with Crippen LogP contribution in [0.15, 0.2) is 56.7 Å². The minimum Gasteiger partial charge on any atom is -0.341 e. The van der Waals surface area contributed by atoms with Crippen LogP contribution in [0.3, 0.4) is 0 Å². The van der Waals surface area contributed by atoms with Crippen molar-refractivity contribution in [3.05, 3.63) is 53.1 Å². The fourth-order valence-corrected chi connectivity index (χ4v) is 6.36. The van der Waals surface area contributed by atoms with Crippen LogP contribution in [-0.2, 0) is 25.8 Å². The first-order valence-corrected chi connectivity index (χ1v) is 12.7. The molecule has 0 aromatic heterocycles. The van der Waals surface area contributed by atoms with Crippen LogP contribution in [0, 0.1) is 0 Å². The Morgan fingerprint density at radius 3 is 2.57 bits per heavy atom. The summed E-state index contributed by atoms with van der Waals surface area (Å²) in [7, 11) is -7.95. The average Bonchev–Trinajstić information content (AvgIpc) is 2.61. The molecule has 0 saturated heterocycles. The van der Waals surface area contributed by atoms with Gasteiger partial charge in [0.05, 0.1) is 16.5 Å². The first-order chi connectivity index (χ1) is 13.2. The van der Waals surface area contributed by atoms with Crippen molar-refractivity contribution in [3.63, 3.8) is 0 Å². The first kappa shape index (κ1) is 21.1. The Bertz CT molecular complexity index is 1120. The maximum Gasteiger partial charge on any atom is 0.286 e. The lowest BCUT2D eigenvalue weighted by atomic mass is 10.2. The number of thioether (sulfide) groups is 1. The van der Waals surface area contributed by atoms with Gasteiger partial charge >= 0.3 is 0 Å². The SMILES string of the molecule is CCNS(=O)(=O)c1cc2c(cc1Cl)NC(CSCc1ccccc1)=NS2(=O)=O. The molecule has 28 heavy (non-hydrogen) atoms. The predicted octanol–water partition coefficient (Wildman–Crippen LogP) is 3.08. The van der Waals surface area contributed by atoms with Crippen molar-refractivity contribution in [2.24, 2.45) is 4.40 Å². The molecule has 2 N–H and O–H groups in total. The van der Waals surface area contributed by atoms with E-state index in [9.17, 15) is 16.8 Å². The summed E-state index contributed by atoms with van der Waals surface area (Å²) < 4.78 is 55.7. The van der Waals surface area contributed by atoms with Crippen molar-refractivity contribution in [1.29, 1.82) is 0 Å². The quantitative estimate of drug-likeness (QED) is 0.659. The minimum absolute atomic E-state index is 0.0689. The maximum atomic E-state index is 12.6. The van der Waals surface area contributed by atoms with Crippen molar-refractivity contribution in [2.75, 3.05) is 17.6 Å². The van der Waals surface area contributed by atoms with E-state index in [1.54, 1.807) is 6.92 Å². The standard InChI is InChI=1S/C17H18ClN3O4S3/c1-2-19-27(22,23)15-9-16-14(8-13(15)18)20-17(21-28(16,24)25)11-26-10-12-6-4-3-5-7-12/h3-9,19H,2,10-11H2,1H3,(H,20,21). The van der Waals surface area contributed by atoms with Crippen LogP contribution in [0.25, 0.3) is 0 Å². The van der Waals surface area contributed by atoms with E-state index in [1.807, 2.05) is 30.3 Å². The molecule has 7 nitrogen and oxygen atoms in total. The molecule has 2 aromatic rings. The van der Waals surface area contributed by atoms with Crippen LogP contribution in [0.5, 0.6) is 0 Å². The van der Waals surface area contributed by atoms with E-state index in [-0.39, 0.29) is 32.9 Å². The molecular weight excluding hydrogens is 442 g/mol. The van der Waals surface area contributed by atoms with Crippen LogP contribution in [0.2, 0.25) is 5.02 Å². The Morgan fingerprint density at radius 2 is 1.89 bits per heavy atom. The van der Waals surface area contributed by atoms with Crippen molar-refractivity contribution >= 4 is 54.9 Å². The summed E-state index contributed by atoms with van der Waals surface area (Å²) in [4.78, 5) is -0.512. The van der Waals surface area contributed by atoms with Crippen LogP contribution in [0.4, 0.5) is 5.69 Å². The highest BCUT2D eigenvalue weighted by Crippen LogP contribution is 2.35. The van der Waals surface area contributed by atoms with Gasteiger partial charge in [0.25, 0.3) is 10.0 Å². The van der Waals surface area contributed by atoms with E-state index in [1.165, 1.54) is 17.8 Å². The number of rotatable bonds is 7. The Kier molecular flexibility index (Phi) is 6.35. The van der Waals surface area contributed by atoms with Gasteiger partial charge in [-0.05, 0) is 17.7 Å². The number of hydrogen-bond acceptors (Lipinski definition) is 6. The second-order valence-electron chi connectivity index (χ2n) is 5.90. The molecule has 0 atom stereocenters. The van der Waals surface area contributed by atoms with E-state index in [0.29, 0.717) is 11.5 Å². The molecule has 0 saturated carbocycles. The minimum atomic E-state index is -4.04. The Morgan fingerprint density at radius 1 is 1.18 bits per heavy atom. The summed E-state index contributed by atoms with van der Waals surface area (Å²) in [6.07, 6.45) is 0. The van der Waals surface area contributed by atoms with Crippen molar-refractivity contribution < 1.29 is 16.8 Å². The van der Waals surface area contributed by atoms with Gasteiger partial charge in [0.15, 0.2) is 0 Å². The first-order valence-electron chi connectivity index (χ1n) is 8.28. The molecule has 11 heteroatoms. The number of anilines is 1. The number of sulfonamides is 2. The second-order valence-corrected chi connectivity index (χ2v) is 10.6. The molecule has 0 spiro atoms. The van der Waals surface area contributed by atoms with Gasteiger partial charge in [-0.2, -0.15) is 8.42 Å². The van der Waals surface area contributed by atoms with Gasteiger partial charge in [-0.3, -0.25) is 0 Å². The van der Waals surface area contributed by atoms with Gasteiger partial charge in [-0.15, -0.1) is 16.2 Å². The number of benzene rings is 2. The topological polar surface area (TPSA) is 105 Å². The molecule has 0 radical (unpaired) electrons. The third-order valence-electron chi connectivity index (χ3n) is 3.80. The molecule has 1 aliphatic heterocycles. The summed E-state index contributed by atoms with van der Waals surface area (Å²) in [5.74, 6) is 1.32. The predicted molar refractivity (Wildman–Crippen MR) is 113 cm³/mol. The van der Waals surface area contributed by atoms with E-state index in [0.717, 1.165) is 11.6 Å². The van der Waals surface area contributed by atoms with E-state index in [2.05, 4.69) is 14.4 Å². The summed E-state index contributed by atoms with van der Waals surface area (Å²) in [6, 6.07) is 12.1. The van der Waals surface area contributed by atoms with Gasteiger partial charge < -0.3 is 5.32 Å². The van der Waals surface area contributed by atoms with E-state index >= 15 is 0 Å². The van der Waals surface area contributed by atoms with Gasteiger partial charge in [-0.25, -0.2) is 13.1 Å². The van der Waals surface area contributed by atoms with Crippen molar-refractivity contribution in [1.82, 2.24) is 4.72 Å². The Labute approximate surface area is 173 Å². The monoisotopic (exact) mass is 459 g/mol. The van der Waals surface area contributed by atoms with Gasteiger partial charge in [0, 0.05) is 12.3 Å². The normalized spacial score (nSPS) is 15.4. The Hall–Kier alpha value is -1.59. The maximum absolute atomic E-state index is 12.6. The van der Waals surface area contributed by atoms with E-state index in [4.69, 9.17) is 11.6 Å². The molecule has 0 amide bonds. The highest BCUT2D eigenvalue weighted by Gasteiger charge is 2.29. The highest BCUT2D eigenvalue weighted by molar-refractivity contribution is 7.99. The molecule has 0 unspecified atom stereocenters. The van der Waals surface area contributed by atoms with Crippen LogP contribution in [-0.4, -0.2) is 35.0 Å². The van der Waals surface area contributed by atoms with Crippen LogP contribution < -0.4 is 10.0 Å². The zero-order valence-corrected chi connectivity index (χ0v) is 18.1. The molecular formula is C17H18ClN3O4S3. The molecule has 150 valence electrons. The fourth-order valence-electron chi connectivity index (χ4n) is 2.59. The number of nitrogens with one attached hydrogen (secondary N) is 2. The number of hydrogen-bond donors (Lipinski definition) is 2. The Balaban J connectivity index is 1.84. The van der Waals surface area contributed by atoms with E-state index < -0.39 is 20.0 Å². The number of fused-ring (bicyclic) bond motifs is 1. The number of nitrogens with zero attached hydrogens (tertiary/aromatic N) is 1. The molecule has 1 aliphatic rings.